The number of nitrogens with zero attached hydrogens (tertiary/aromatic N) is 2. The maximum atomic E-state index is 13.7. The molecule has 0 aliphatic rings. The monoisotopic (exact) mass is 488 g/mol. The number of methoxy groups -OCH3 is 1. The number of para-hydroxylation sites is 1. The molecule has 0 radical (unpaired) electrons. The van der Waals surface area contributed by atoms with E-state index in [0.717, 1.165) is 30.4 Å². The average molecular weight is 489 g/mol. The molecule has 0 aliphatic carbocycles. The molecule has 0 aliphatic heterocycles. The van der Waals surface area contributed by atoms with Gasteiger partial charge in [0.15, 0.2) is 0 Å². The van der Waals surface area contributed by atoms with Gasteiger partial charge in [-0.25, -0.2) is 8.42 Å². The standard InChI is InChI=1S/C28H28N2O4S/c1-4-5-8-22-13-15-25(16-14-22)30(35(32,33)26-17-11-21(2)12-18-26)28(31)24(20-29)19-23-9-6-7-10-27(23)34-3/h6-7,9-19H,4-5,8H2,1-3H3/b24-19+. The van der Waals surface area contributed by atoms with Gasteiger partial charge >= 0.3 is 0 Å². The van der Waals surface area contributed by atoms with Crippen LogP contribution < -0.4 is 9.04 Å². The Morgan fingerprint density at radius 3 is 2.29 bits per heavy atom. The number of ether oxygens (including phenoxy) is 1. The highest BCUT2D eigenvalue weighted by molar-refractivity contribution is 7.93. The molecule has 3 rings (SSSR count). The van der Waals surface area contributed by atoms with Crippen molar-refractivity contribution in [3.63, 3.8) is 0 Å². The van der Waals surface area contributed by atoms with Crippen LogP contribution in [0.15, 0.2) is 83.3 Å². The maximum Gasteiger partial charge on any atom is 0.282 e. The molecule has 6 nitrogen and oxygen atoms in total. The van der Waals surface area contributed by atoms with Crippen LogP contribution in [0.5, 0.6) is 5.75 Å². The molecule has 180 valence electrons. The van der Waals surface area contributed by atoms with Crippen molar-refractivity contribution in [3.05, 3.63) is 95.1 Å². The Hall–Kier alpha value is -3.89. The third-order valence-corrected chi connectivity index (χ3v) is 7.25. The number of unbranched alkanes of at least 4 members (excludes halogenated alkanes) is 1. The van der Waals surface area contributed by atoms with Crippen LogP contribution >= 0.6 is 0 Å². The van der Waals surface area contributed by atoms with Crippen molar-refractivity contribution in [1.29, 1.82) is 5.26 Å². The van der Waals surface area contributed by atoms with Crippen molar-refractivity contribution in [2.75, 3.05) is 11.4 Å². The van der Waals surface area contributed by atoms with Crippen LogP contribution in [0, 0.1) is 18.3 Å². The van der Waals surface area contributed by atoms with Crippen LogP contribution in [0.3, 0.4) is 0 Å². The van der Waals surface area contributed by atoms with E-state index >= 15 is 0 Å². The number of rotatable bonds is 9. The van der Waals surface area contributed by atoms with E-state index in [1.807, 2.05) is 25.1 Å². The molecule has 3 aromatic carbocycles. The third-order valence-electron chi connectivity index (χ3n) is 5.52. The number of anilines is 1. The van der Waals surface area contributed by atoms with Gasteiger partial charge in [-0.3, -0.25) is 4.79 Å². The summed E-state index contributed by atoms with van der Waals surface area (Å²) in [7, 11) is -2.82. The molecular formula is C28H28N2O4S. The van der Waals surface area contributed by atoms with E-state index in [2.05, 4.69) is 6.92 Å². The fourth-order valence-electron chi connectivity index (χ4n) is 3.55. The molecule has 0 unspecified atom stereocenters. The first-order valence-electron chi connectivity index (χ1n) is 11.3. The van der Waals surface area contributed by atoms with Crippen molar-refractivity contribution in [2.24, 2.45) is 0 Å². The summed E-state index contributed by atoms with van der Waals surface area (Å²) in [5.74, 6) is -0.485. The van der Waals surface area contributed by atoms with Crippen molar-refractivity contribution in [3.8, 4) is 11.8 Å². The number of carbonyl (C=O) groups excluding carboxylic acids is 1. The zero-order valence-corrected chi connectivity index (χ0v) is 20.9. The molecule has 0 saturated heterocycles. The van der Waals surface area contributed by atoms with Gasteiger partial charge in [0.05, 0.1) is 17.7 Å². The molecule has 0 spiro atoms. The quantitative estimate of drug-likeness (QED) is 0.286. The lowest BCUT2D eigenvalue weighted by Crippen LogP contribution is -2.37. The number of benzene rings is 3. The van der Waals surface area contributed by atoms with E-state index in [1.165, 1.54) is 25.3 Å². The minimum Gasteiger partial charge on any atom is -0.496 e. The molecule has 0 aromatic heterocycles. The zero-order chi connectivity index (χ0) is 25.4. The Kier molecular flexibility index (Phi) is 8.45. The fraction of sp³-hybridized carbons (Fsp3) is 0.214. The highest BCUT2D eigenvalue weighted by atomic mass is 32.2. The summed E-state index contributed by atoms with van der Waals surface area (Å²) >= 11 is 0. The summed E-state index contributed by atoms with van der Waals surface area (Å²) in [5.41, 5.74) is 2.25. The fourth-order valence-corrected chi connectivity index (χ4v) is 4.96. The van der Waals surface area contributed by atoms with Crippen LogP contribution in [0.25, 0.3) is 6.08 Å². The molecule has 3 aromatic rings. The number of hydrogen-bond acceptors (Lipinski definition) is 5. The summed E-state index contributed by atoms with van der Waals surface area (Å²) in [6.07, 6.45) is 4.23. The van der Waals surface area contributed by atoms with Crippen LogP contribution in [0.2, 0.25) is 0 Å². The average Bonchev–Trinajstić information content (AvgIpc) is 2.87. The summed E-state index contributed by atoms with van der Waals surface area (Å²) in [5, 5.41) is 9.83. The number of sulfonamides is 1. The van der Waals surface area contributed by atoms with Crippen LogP contribution in [-0.4, -0.2) is 21.4 Å². The Morgan fingerprint density at radius 1 is 1.03 bits per heavy atom. The predicted octanol–water partition coefficient (Wildman–Crippen LogP) is 5.68. The lowest BCUT2D eigenvalue weighted by Gasteiger charge is -2.23. The first-order valence-corrected chi connectivity index (χ1v) is 12.8. The van der Waals surface area contributed by atoms with E-state index in [-0.39, 0.29) is 16.2 Å². The molecule has 0 fully saturated rings. The molecule has 35 heavy (non-hydrogen) atoms. The van der Waals surface area contributed by atoms with E-state index in [9.17, 15) is 18.5 Å². The molecular weight excluding hydrogens is 460 g/mol. The van der Waals surface area contributed by atoms with Gasteiger partial charge in [0.1, 0.15) is 17.4 Å². The Balaban J connectivity index is 2.13. The minimum atomic E-state index is -4.30. The second kappa shape index (κ2) is 11.5. The second-order valence-electron chi connectivity index (χ2n) is 8.07. The van der Waals surface area contributed by atoms with Crippen LogP contribution in [0.1, 0.15) is 36.5 Å². The SMILES string of the molecule is CCCCc1ccc(N(C(=O)/C(C#N)=C/c2ccccc2OC)S(=O)(=O)c2ccc(C)cc2)cc1. The number of carbonyl (C=O) groups is 1. The zero-order valence-electron chi connectivity index (χ0n) is 20.1. The molecule has 7 heteroatoms. The van der Waals surface area contributed by atoms with E-state index in [1.54, 1.807) is 48.5 Å². The second-order valence-corrected chi connectivity index (χ2v) is 9.86. The summed E-state index contributed by atoms with van der Waals surface area (Å²) < 4.78 is 33.4. The number of aryl methyl sites for hydroxylation is 2. The maximum absolute atomic E-state index is 13.7. The van der Waals surface area contributed by atoms with Gasteiger partial charge in [-0.05, 0) is 61.7 Å². The van der Waals surface area contributed by atoms with Crippen molar-refractivity contribution >= 4 is 27.7 Å². The van der Waals surface area contributed by atoms with Crippen molar-refractivity contribution in [1.82, 2.24) is 0 Å². The molecule has 0 bridgehead atoms. The smallest absolute Gasteiger partial charge is 0.282 e. The highest BCUT2D eigenvalue weighted by Crippen LogP contribution is 2.28. The molecule has 1 amide bonds. The summed E-state index contributed by atoms with van der Waals surface area (Å²) in [6, 6.07) is 21.8. The molecule has 0 heterocycles. The topological polar surface area (TPSA) is 87.5 Å². The largest absolute Gasteiger partial charge is 0.496 e. The van der Waals surface area contributed by atoms with Gasteiger partial charge < -0.3 is 4.74 Å². The Labute approximate surface area is 207 Å². The van der Waals surface area contributed by atoms with E-state index in [4.69, 9.17) is 4.74 Å². The number of nitriles is 1. The molecule has 0 saturated carbocycles. The minimum absolute atomic E-state index is 0.0407. The first kappa shape index (κ1) is 25.7. The van der Waals surface area contributed by atoms with Gasteiger partial charge in [-0.1, -0.05) is 61.4 Å². The van der Waals surface area contributed by atoms with Crippen LogP contribution in [0.4, 0.5) is 5.69 Å². The number of hydrogen-bond donors (Lipinski definition) is 0. The van der Waals surface area contributed by atoms with Gasteiger partial charge in [0, 0.05) is 5.56 Å². The summed E-state index contributed by atoms with van der Waals surface area (Å²) in [4.78, 5) is 13.6. The Bertz CT molecular complexity index is 1350. The Morgan fingerprint density at radius 2 is 1.69 bits per heavy atom. The third kappa shape index (κ3) is 5.97. The van der Waals surface area contributed by atoms with Gasteiger partial charge in [0.2, 0.25) is 0 Å². The van der Waals surface area contributed by atoms with Crippen LogP contribution in [-0.2, 0) is 21.2 Å². The van der Waals surface area contributed by atoms with Gasteiger partial charge in [0.25, 0.3) is 15.9 Å². The van der Waals surface area contributed by atoms with E-state index < -0.39 is 15.9 Å². The van der Waals surface area contributed by atoms with Gasteiger partial charge in [-0.2, -0.15) is 9.57 Å². The first-order chi connectivity index (χ1) is 16.8. The predicted molar refractivity (Wildman–Crippen MR) is 137 cm³/mol. The lowest BCUT2D eigenvalue weighted by atomic mass is 10.1. The van der Waals surface area contributed by atoms with Crippen molar-refractivity contribution in [2.45, 2.75) is 38.0 Å². The summed E-state index contributed by atoms with van der Waals surface area (Å²) in [6.45, 7) is 3.94. The molecule has 0 atom stereocenters. The molecule has 0 N–H and O–H groups in total. The highest BCUT2D eigenvalue weighted by Gasteiger charge is 2.33. The van der Waals surface area contributed by atoms with Gasteiger partial charge in [-0.15, -0.1) is 0 Å². The van der Waals surface area contributed by atoms with E-state index in [0.29, 0.717) is 15.6 Å². The normalized spacial score (nSPS) is 11.5. The van der Waals surface area contributed by atoms with Crippen molar-refractivity contribution < 1.29 is 17.9 Å². The lowest BCUT2D eigenvalue weighted by molar-refractivity contribution is -0.113. The number of amides is 1.